The molecule has 1 atom stereocenters. The van der Waals surface area contributed by atoms with Crippen LogP contribution < -0.4 is 5.56 Å². The third-order valence-electron chi connectivity index (χ3n) is 6.44. The lowest BCUT2D eigenvalue weighted by molar-refractivity contribution is -0.172. The molecule has 34 heavy (non-hydrogen) atoms. The molecule has 3 aromatic heterocycles. The Bertz CT molecular complexity index is 1580. The SMILES string of the molecule is CCC1(OC(=O)n2ccnc2)C(=O)OCc2c1cc1n(c2=O)Cc2cc3c(Br)cccc3nc2-1. The van der Waals surface area contributed by atoms with Crippen LogP contribution in [0, 0.1) is 0 Å². The average Bonchev–Trinajstić information content (AvgIpc) is 3.49. The summed E-state index contributed by atoms with van der Waals surface area (Å²) in [5.74, 6) is -0.714. The molecule has 170 valence electrons. The fourth-order valence-corrected chi connectivity index (χ4v) is 5.16. The smallest absolute Gasteiger partial charge is 0.420 e. The molecule has 2 aliphatic heterocycles. The molecule has 0 saturated heterocycles. The van der Waals surface area contributed by atoms with Gasteiger partial charge in [-0.1, -0.05) is 28.9 Å². The highest BCUT2D eigenvalue weighted by Gasteiger charge is 2.50. The summed E-state index contributed by atoms with van der Waals surface area (Å²) in [6.45, 7) is 1.87. The van der Waals surface area contributed by atoms with Gasteiger partial charge in [-0.3, -0.25) is 4.79 Å². The molecule has 0 aliphatic carbocycles. The number of ether oxygens (including phenoxy) is 2. The lowest BCUT2D eigenvalue weighted by atomic mass is 9.85. The van der Waals surface area contributed by atoms with Crippen LogP contribution in [0.2, 0.25) is 0 Å². The minimum absolute atomic E-state index is 0.0904. The quantitative estimate of drug-likeness (QED) is 0.326. The molecule has 4 aromatic rings. The topological polar surface area (TPSA) is 105 Å². The molecule has 0 N–H and O–H groups in total. The molecule has 1 aromatic carbocycles. The van der Waals surface area contributed by atoms with Crippen LogP contribution in [-0.4, -0.2) is 31.2 Å². The van der Waals surface area contributed by atoms with Crippen LogP contribution in [0.3, 0.4) is 0 Å². The predicted octanol–water partition coefficient (Wildman–Crippen LogP) is 3.73. The molecule has 0 amide bonds. The van der Waals surface area contributed by atoms with Crippen LogP contribution in [-0.2, 0) is 33.0 Å². The summed E-state index contributed by atoms with van der Waals surface area (Å²) < 4.78 is 14.8. The molecule has 0 spiro atoms. The monoisotopic (exact) mass is 520 g/mol. The Morgan fingerprint density at radius 1 is 1.29 bits per heavy atom. The van der Waals surface area contributed by atoms with Crippen molar-refractivity contribution in [1.29, 1.82) is 0 Å². The third kappa shape index (κ3) is 2.81. The number of imidazole rings is 1. The maximum absolute atomic E-state index is 13.5. The van der Waals surface area contributed by atoms with Crippen LogP contribution in [0.25, 0.3) is 22.3 Å². The number of pyridine rings is 2. The van der Waals surface area contributed by atoms with Crippen LogP contribution in [0.1, 0.15) is 30.0 Å². The Hall–Kier alpha value is -3.79. The van der Waals surface area contributed by atoms with Crippen molar-refractivity contribution in [2.24, 2.45) is 0 Å². The molecule has 1 unspecified atom stereocenters. The third-order valence-corrected chi connectivity index (χ3v) is 7.13. The summed E-state index contributed by atoms with van der Waals surface area (Å²) in [5.41, 5.74) is 1.48. The van der Waals surface area contributed by atoms with Crippen molar-refractivity contribution >= 4 is 38.9 Å². The number of rotatable bonds is 2. The van der Waals surface area contributed by atoms with E-state index < -0.39 is 17.7 Å². The summed E-state index contributed by atoms with van der Waals surface area (Å²) in [4.78, 5) is 48.0. The Kier molecular flexibility index (Phi) is 4.50. The standard InChI is InChI=1S/C24H17BrN4O5/c1-2-24(34-23(32)28-7-6-26-12-28)16-9-19-20-13(8-14-17(25)4-3-5-18(14)27-20)10-29(19)21(30)15(16)11-33-22(24)31/h3-9,12H,2,10-11H2,1H3. The number of aromatic nitrogens is 4. The first-order valence-corrected chi connectivity index (χ1v) is 11.5. The van der Waals surface area contributed by atoms with Gasteiger partial charge in [-0.15, -0.1) is 0 Å². The zero-order chi connectivity index (χ0) is 23.6. The van der Waals surface area contributed by atoms with E-state index in [9.17, 15) is 14.4 Å². The van der Waals surface area contributed by atoms with E-state index >= 15 is 0 Å². The highest BCUT2D eigenvalue weighted by Crippen LogP contribution is 2.41. The molecule has 9 nitrogen and oxygen atoms in total. The van der Waals surface area contributed by atoms with Gasteiger partial charge in [0.25, 0.3) is 5.56 Å². The van der Waals surface area contributed by atoms with Crippen molar-refractivity contribution in [2.75, 3.05) is 0 Å². The maximum atomic E-state index is 13.5. The highest BCUT2D eigenvalue weighted by atomic mass is 79.9. The normalized spacial score (nSPS) is 18.2. The van der Waals surface area contributed by atoms with E-state index in [1.807, 2.05) is 24.3 Å². The van der Waals surface area contributed by atoms with Gasteiger partial charge in [0.1, 0.15) is 12.9 Å². The molecule has 0 bridgehead atoms. The number of hydrogen-bond acceptors (Lipinski definition) is 7. The lowest BCUT2D eigenvalue weighted by Crippen LogP contribution is -2.48. The Labute approximate surface area is 201 Å². The minimum Gasteiger partial charge on any atom is -0.457 e. The number of cyclic esters (lactones) is 1. The van der Waals surface area contributed by atoms with Gasteiger partial charge in [-0.25, -0.2) is 24.1 Å². The number of hydrogen-bond donors (Lipinski definition) is 0. The molecule has 5 heterocycles. The van der Waals surface area contributed by atoms with Gasteiger partial charge in [0.05, 0.1) is 29.0 Å². The summed E-state index contributed by atoms with van der Waals surface area (Å²) in [7, 11) is 0. The van der Waals surface area contributed by atoms with Crippen molar-refractivity contribution in [3.8, 4) is 11.4 Å². The summed E-state index contributed by atoms with van der Waals surface area (Å²) in [6, 6.07) is 9.50. The summed E-state index contributed by atoms with van der Waals surface area (Å²) in [5, 5.41) is 0.947. The highest BCUT2D eigenvalue weighted by molar-refractivity contribution is 9.10. The van der Waals surface area contributed by atoms with E-state index in [-0.39, 0.29) is 18.6 Å². The molecule has 10 heteroatoms. The first-order valence-electron chi connectivity index (χ1n) is 10.7. The van der Waals surface area contributed by atoms with Crippen molar-refractivity contribution in [3.63, 3.8) is 0 Å². The van der Waals surface area contributed by atoms with E-state index in [1.54, 1.807) is 17.6 Å². The zero-order valence-corrected chi connectivity index (χ0v) is 19.5. The largest absolute Gasteiger partial charge is 0.457 e. The predicted molar refractivity (Wildman–Crippen MR) is 124 cm³/mol. The molecule has 6 rings (SSSR count). The van der Waals surface area contributed by atoms with Gasteiger partial charge in [-0.05, 0) is 30.7 Å². The van der Waals surface area contributed by atoms with Gasteiger partial charge < -0.3 is 14.0 Å². The first kappa shape index (κ1) is 20.8. The summed E-state index contributed by atoms with van der Waals surface area (Å²) in [6.07, 6.45) is 3.42. The fourth-order valence-electron chi connectivity index (χ4n) is 4.69. The number of halogens is 1. The Balaban J connectivity index is 1.56. The van der Waals surface area contributed by atoms with Crippen LogP contribution >= 0.6 is 15.9 Å². The molecule has 0 saturated carbocycles. The molecule has 0 fully saturated rings. The van der Waals surface area contributed by atoms with Gasteiger partial charge in [0.2, 0.25) is 5.60 Å². The molecular weight excluding hydrogens is 504 g/mol. The number of nitrogens with zero attached hydrogens (tertiary/aromatic N) is 4. The first-order chi connectivity index (χ1) is 16.4. The number of carbonyl (C=O) groups is 2. The second-order valence-corrected chi connectivity index (χ2v) is 9.06. The maximum Gasteiger partial charge on any atom is 0.420 e. The van der Waals surface area contributed by atoms with E-state index in [1.165, 1.54) is 18.7 Å². The number of benzene rings is 1. The van der Waals surface area contributed by atoms with Crippen LogP contribution in [0.5, 0.6) is 0 Å². The minimum atomic E-state index is -1.76. The zero-order valence-electron chi connectivity index (χ0n) is 17.9. The molecular formula is C24H17BrN4O5. The van der Waals surface area contributed by atoms with E-state index in [4.69, 9.17) is 14.5 Å². The molecule has 0 radical (unpaired) electrons. The van der Waals surface area contributed by atoms with Crippen molar-refractivity contribution in [2.45, 2.75) is 32.1 Å². The van der Waals surface area contributed by atoms with Crippen molar-refractivity contribution in [3.05, 3.63) is 80.6 Å². The number of carbonyl (C=O) groups excluding carboxylic acids is 2. The Morgan fingerprint density at radius 3 is 2.91 bits per heavy atom. The Morgan fingerprint density at radius 2 is 2.15 bits per heavy atom. The lowest BCUT2D eigenvalue weighted by Gasteiger charge is -2.35. The molecule has 2 aliphatic rings. The van der Waals surface area contributed by atoms with Crippen molar-refractivity contribution in [1.82, 2.24) is 19.1 Å². The number of esters is 1. The van der Waals surface area contributed by atoms with Crippen LogP contribution in [0.4, 0.5) is 4.79 Å². The number of fused-ring (bicyclic) bond motifs is 5. The second-order valence-electron chi connectivity index (χ2n) is 8.21. The fraction of sp³-hybridized carbons (Fsp3) is 0.208. The summed E-state index contributed by atoms with van der Waals surface area (Å²) >= 11 is 3.56. The van der Waals surface area contributed by atoms with E-state index in [2.05, 4.69) is 20.9 Å². The van der Waals surface area contributed by atoms with Crippen LogP contribution in [0.15, 0.2) is 58.3 Å². The van der Waals surface area contributed by atoms with Gasteiger partial charge in [-0.2, -0.15) is 0 Å². The van der Waals surface area contributed by atoms with Gasteiger partial charge in [0, 0.05) is 33.4 Å². The van der Waals surface area contributed by atoms with Gasteiger partial charge >= 0.3 is 12.1 Å². The average molecular weight is 521 g/mol. The van der Waals surface area contributed by atoms with Gasteiger partial charge in [0.15, 0.2) is 0 Å². The van der Waals surface area contributed by atoms with Crippen molar-refractivity contribution < 1.29 is 19.1 Å². The second kappa shape index (κ2) is 7.36. The van der Waals surface area contributed by atoms with E-state index in [0.717, 1.165) is 25.5 Å². The van der Waals surface area contributed by atoms with E-state index in [0.29, 0.717) is 29.1 Å².